The lowest BCUT2D eigenvalue weighted by atomic mass is 10.0. The van der Waals surface area contributed by atoms with E-state index in [4.69, 9.17) is 9.57 Å². The second kappa shape index (κ2) is 9.09. The van der Waals surface area contributed by atoms with Crippen LogP contribution in [0.15, 0.2) is 53.9 Å². The summed E-state index contributed by atoms with van der Waals surface area (Å²) in [4.78, 5) is 26.6. The fourth-order valence-electron chi connectivity index (χ4n) is 2.58. The van der Waals surface area contributed by atoms with Gasteiger partial charge in [0.2, 0.25) is 5.88 Å². The SMILES string of the molecule is CNC(=O)C(=NOC)c1ccccc1COc1nc(-c2ccncc2)sc1C. The summed E-state index contributed by atoms with van der Waals surface area (Å²) in [5.41, 5.74) is 2.63. The Morgan fingerprint density at radius 2 is 1.96 bits per heavy atom. The highest BCUT2D eigenvalue weighted by molar-refractivity contribution is 7.15. The molecule has 1 amide bonds. The number of amides is 1. The quantitative estimate of drug-likeness (QED) is 0.490. The highest BCUT2D eigenvalue weighted by Crippen LogP contribution is 2.32. The Morgan fingerprint density at radius 3 is 2.68 bits per heavy atom. The van der Waals surface area contributed by atoms with Gasteiger partial charge in [-0.2, -0.15) is 0 Å². The van der Waals surface area contributed by atoms with Crippen LogP contribution in [0.5, 0.6) is 5.88 Å². The molecule has 0 fully saturated rings. The molecule has 0 saturated heterocycles. The van der Waals surface area contributed by atoms with Crippen LogP contribution in [0.2, 0.25) is 0 Å². The molecule has 28 heavy (non-hydrogen) atoms. The van der Waals surface area contributed by atoms with Crippen molar-refractivity contribution < 1.29 is 14.4 Å². The maximum atomic E-state index is 12.2. The highest BCUT2D eigenvalue weighted by Gasteiger charge is 2.18. The minimum atomic E-state index is -0.334. The fourth-order valence-corrected chi connectivity index (χ4v) is 3.44. The number of nitrogens with one attached hydrogen (secondary N) is 1. The molecule has 0 aliphatic rings. The molecule has 0 aliphatic heterocycles. The van der Waals surface area contributed by atoms with Crippen molar-refractivity contribution in [2.24, 2.45) is 5.16 Å². The third kappa shape index (κ3) is 4.34. The number of hydrogen-bond donors (Lipinski definition) is 1. The lowest BCUT2D eigenvalue weighted by Gasteiger charge is -2.11. The summed E-state index contributed by atoms with van der Waals surface area (Å²) in [7, 11) is 2.95. The van der Waals surface area contributed by atoms with Gasteiger partial charge in [-0.15, -0.1) is 11.3 Å². The van der Waals surface area contributed by atoms with Crippen molar-refractivity contribution in [2.75, 3.05) is 14.2 Å². The summed E-state index contributed by atoms with van der Waals surface area (Å²) in [6.45, 7) is 2.21. The van der Waals surface area contributed by atoms with E-state index in [2.05, 4.69) is 20.4 Å². The fraction of sp³-hybridized carbons (Fsp3) is 0.200. The number of hydrogen-bond acceptors (Lipinski definition) is 7. The van der Waals surface area contributed by atoms with Crippen molar-refractivity contribution in [3.05, 3.63) is 64.8 Å². The Hall–Kier alpha value is -3.26. The van der Waals surface area contributed by atoms with E-state index >= 15 is 0 Å². The van der Waals surface area contributed by atoms with E-state index in [1.807, 2.05) is 43.3 Å². The Morgan fingerprint density at radius 1 is 1.21 bits per heavy atom. The molecule has 2 heterocycles. The van der Waals surface area contributed by atoms with E-state index in [1.54, 1.807) is 30.8 Å². The van der Waals surface area contributed by atoms with Crippen LogP contribution in [-0.2, 0) is 16.2 Å². The van der Waals surface area contributed by atoms with Crippen LogP contribution in [-0.4, -0.2) is 35.7 Å². The molecule has 1 N–H and O–H groups in total. The molecular formula is C20H20N4O3S. The van der Waals surface area contributed by atoms with E-state index < -0.39 is 0 Å². The van der Waals surface area contributed by atoms with Crippen molar-refractivity contribution in [2.45, 2.75) is 13.5 Å². The molecule has 0 atom stereocenters. The molecule has 7 nitrogen and oxygen atoms in total. The van der Waals surface area contributed by atoms with Gasteiger partial charge in [0.25, 0.3) is 5.91 Å². The van der Waals surface area contributed by atoms with Gasteiger partial charge in [-0.25, -0.2) is 4.98 Å². The van der Waals surface area contributed by atoms with Crippen LogP contribution in [0.1, 0.15) is 16.0 Å². The third-order valence-electron chi connectivity index (χ3n) is 3.94. The van der Waals surface area contributed by atoms with Gasteiger partial charge in [0, 0.05) is 30.6 Å². The number of rotatable bonds is 7. The average molecular weight is 396 g/mol. The van der Waals surface area contributed by atoms with Gasteiger partial charge in [0.1, 0.15) is 18.7 Å². The molecule has 0 unspecified atom stereocenters. The van der Waals surface area contributed by atoms with Crippen molar-refractivity contribution in [3.63, 3.8) is 0 Å². The molecule has 3 rings (SSSR count). The highest BCUT2D eigenvalue weighted by atomic mass is 32.1. The Kier molecular flexibility index (Phi) is 6.33. The Balaban J connectivity index is 1.84. The maximum absolute atomic E-state index is 12.2. The second-order valence-corrected chi connectivity index (χ2v) is 6.97. The first kappa shape index (κ1) is 19.5. The molecule has 3 aromatic rings. The normalized spacial score (nSPS) is 11.2. The van der Waals surface area contributed by atoms with E-state index in [0.29, 0.717) is 11.4 Å². The summed E-state index contributed by atoms with van der Waals surface area (Å²) in [6, 6.07) is 11.2. The summed E-state index contributed by atoms with van der Waals surface area (Å²) in [5.74, 6) is 0.232. The predicted octanol–water partition coefficient (Wildman–Crippen LogP) is 3.19. The number of aromatic nitrogens is 2. The molecule has 0 saturated carbocycles. The topological polar surface area (TPSA) is 85.7 Å². The zero-order valence-corrected chi connectivity index (χ0v) is 16.6. The summed E-state index contributed by atoms with van der Waals surface area (Å²) < 4.78 is 5.96. The van der Waals surface area contributed by atoms with Crippen LogP contribution < -0.4 is 10.1 Å². The lowest BCUT2D eigenvalue weighted by molar-refractivity contribution is -0.114. The molecular weight excluding hydrogens is 376 g/mol. The van der Waals surface area contributed by atoms with Crippen LogP contribution in [0.4, 0.5) is 0 Å². The molecule has 0 bridgehead atoms. The molecule has 2 aromatic heterocycles. The van der Waals surface area contributed by atoms with Crippen molar-refractivity contribution in [1.29, 1.82) is 0 Å². The number of ether oxygens (including phenoxy) is 1. The number of pyridine rings is 1. The monoisotopic (exact) mass is 396 g/mol. The average Bonchev–Trinajstić information content (AvgIpc) is 3.11. The standard InChI is InChI=1S/C20H20N4O3S/c1-13-19(23-20(28-13)14-8-10-22-11-9-14)27-12-15-6-4-5-7-16(15)17(24-26-3)18(25)21-2/h4-11H,12H2,1-3H3,(H,21,25). The molecule has 8 heteroatoms. The number of likely N-dealkylation sites (N-methyl/N-ethyl adjacent to an activating group) is 1. The number of oxime groups is 1. The van der Waals surface area contributed by atoms with Gasteiger partial charge in [-0.1, -0.05) is 29.4 Å². The zero-order chi connectivity index (χ0) is 19.9. The lowest BCUT2D eigenvalue weighted by Crippen LogP contribution is -2.29. The van der Waals surface area contributed by atoms with E-state index in [9.17, 15) is 4.79 Å². The van der Waals surface area contributed by atoms with Crippen LogP contribution in [0, 0.1) is 6.92 Å². The van der Waals surface area contributed by atoms with Crippen LogP contribution in [0.25, 0.3) is 10.6 Å². The first-order valence-electron chi connectivity index (χ1n) is 8.56. The second-order valence-electron chi connectivity index (χ2n) is 5.76. The van der Waals surface area contributed by atoms with Gasteiger partial charge in [-0.05, 0) is 24.6 Å². The number of carbonyl (C=O) groups excluding carboxylic acids is 1. The van der Waals surface area contributed by atoms with Gasteiger partial charge in [0.05, 0.1) is 4.88 Å². The van der Waals surface area contributed by atoms with Crippen molar-refractivity contribution in [3.8, 4) is 16.5 Å². The van der Waals surface area contributed by atoms with E-state index in [1.165, 1.54) is 7.11 Å². The minimum Gasteiger partial charge on any atom is -0.472 e. The predicted molar refractivity (Wildman–Crippen MR) is 108 cm³/mol. The first-order valence-corrected chi connectivity index (χ1v) is 9.37. The Bertz CT molecular complexity index is 986. The Labute approximate surface area is 167 Å². The smallest absolute Gasteiger partial charge is 0.273 e. The molecule has 0 radical (unpaired) electrons. The molecule has 0 aliphatic carbocycles. The van der Waals surface area contributed by atoms with Crippen LogP contribution >= 0.6 is 11.3 Å². The summed E-state index contributed by atoms with van der Waals surface area (Å²) in [6.07, 6.45) is 3.47. The number of nitrogens with zero attached hydrogens (tertiary/aromatic N) is 3. The minimum absolute atomic E-state index is 0.191. The number of aryl methyl sites for hydroxylation is 1. The zero-order valence-electron chi connectivity index (χ0n) is 15.8. The summed E-state index contributed by atoms with van der Waals surface area (Å²) in [5, 5.41) is 7.32. The number of benzene rings is 1. The first-order chi connectivity index (χ1) is 13.6. The van der Waals surface area contributed by atoms with Gasteiger partial charge >= 0.3 is 0 Å². The van der Waals surface area contributed by atoms with Crippen LogP contribution in [0.3, 0.4) is 0 Å². The van der Waals surface area contributed by atoms with Gasteiger partial charge in [0.15, 0.2) is 5.71 Å². The van der Waals surface area contributed by atoms with Gasteiger partial charge in [-0.3, -0.25) is 9.78 Å². The largest absolute Gasteiger partial charge is 0.472 e. The summed E-state index contributed by atoms with van der Waals surface area (Å²) >= 11 is 1.56. The van der Waals surface area contributed by atoms with E-state index in [0.717, 1.165) is 21.0 Å². The molecule has 144 valence electrons. The number of thiazole rings is 1. The van der Waals surface area contributed by atoms with E-state index in [-0.39, 0.29) is 18.2 Å². The van der Waals surface area contributed by atoms with Crippen molar-refractivity contribution in [1.82, 2.24) is 15.3 Å². The maximum Gasteiger partial charge on any atom is 0.273 e. The molecule has 1 aromatic carbocycles. The van der Waals surface area contributed by atoms with Gasteiger partial charge < -0.3 is 14.9 Å². The number of carbonyl (C=O) groups is 1. The molecule has 0 spiro atoms. The van der Waals surface area contributed by atoms with Crippen molar-refractivity contribution >= 4 is 23.0 Å². The third-order valence-corrected chi connectivity index (χ3v) is 4.94.